The van der Waals surface area contributed by atoms with Gasteiger partial charge in [-0.15, -0.1) is 0 Å². The van der Waals surface area contributed by atoms with Crippen molar-refractivity contribution in [1.29, 1.82) is 0 Å². The number of non-ortho nitro benzene ring substituents is 1. The molecule has 27 heavy (non-hydrogen) atoms. The number of ether oxygens (including phenoxy) is 1. The van der Waals surface area contributed by atoms with Gasteiger partial charge in [-0.2, -0.15) is 5.10 Å². The van der Waals surface area contributed by atoms with Gasteiger partial charge in [0.25, 0.3) is 11.6 Å². The van der Waals surface area contributed by atoms with Crippen LogP contribution < -0.4 is 10.1 Å². The zero-order chi connectivity index (χ0) is 19.4. The molecule has 0 aliphatic heterocycles. The van der Waals surface area contributed by atoms with E-state index in [-0.39, 0.29) is 18.1 Å². The summed E-state index contributed by atoms with van der Waals surface area (Å²) in [5.74, 6) is 0.0974. The number of nitrogens with zero attached hydrogens (tertiary/aromatic N) is 3. The van der Waals surface area contributed by atoms with Crippen LogP contribution in [0.25, 0.3) is 0 Å². The molecule has 8 nitrogen and oxygen atoms in total. The molecule has 0 atom stereocenters. The first-order chi connectivity index (χ1) is 12.9. The van der Waals surface area contributed by atoms with Crippen LogP contribution in [0.3, 0.4) is 0 Å². The number of carbonyl (C=O) groups is 1. The fourth-order valence-electron chi connectivity index (χ4n) is 2.27. The van der Waals surface area contributed by atoms with Crippen molar-refractivity contribution >= 4 is 28.9 Å². The van der Waals surface area contributed by atoms with Crippen molar-refractivity contribution in [3.63, 3.8) is 0 Å². The molecule has 0 bridgehead atoms. The second kappa shape index (κ2) is 7.88. The predicted molar refractivity (Wildman–Crippen MR) is 100 cm³/mol. The third-order valence-electron chi connectivity index (χ3n) is 3.65. The largest absolute Gasteiger partial charge is 0.470 e. The van der Waals surface area contributed by atoms with Gasteiger partial charge in [0, 0.05) is 24.0 Å². The van der Waals surface area contributed by atoms with Crippen molar-refractivity contribution in [3.8, 4) is 5.75 Å². The second-order valence-electron chi connectivity index (χ2n) is 5.71. The molecule has 3 aromatic rings. The van der Waals surface area contributed by atoms with Gasteiger partial charge in [-0.1, -0.05) is 17.7 Å². The van der Waals surface area contributed by atoms with Crippen molar-refractivity contribution in [1.82, 2.24) is 9.78 Å². The Balaban J connectivity index is 1.61. The molecule has 9 heteroatoms. The maximum atomic E-state index is 12.2. The number of anilines is 1. The molecule has 1 aromatic heterocycles. The van der Waals surface area contributed by atoms with Gasteiger partial charge in [0.15, 0.2) is 12.4 Å². The third kappa shape index (κ3) is 4.62. The molecule has 3 rings (SSSR count). The summed E-state index contributed by atoms with van der Waals surface area (Å²) in [6.07, 6.45) is 1.61. The molecule has 2 aromatic carbocycles. The minimum atomic E-state index is -0.506. The number of rotatable bonds is 6. The number of amides is 1. The molecular weight excluding hydrogens is 372 g/mol. The fourth-order valence-corrected chi connectivity index (χ4v) is 2.45. The number of benzene rings is 2. The first-order valence-corrected chi connectivity index (χ1v) is 8.28. The normalized spacial score (nSPS) is 10.4. The summed E-state index contributed by atoms with van der Waals surface area (Å²) in [6.45, 7) is 2.02. The predicted octanol–water partition coefficient (Wildman–Crippen LogP) is 4.04. The average molecular weight is 387 g/mol. The zero-order valence-corrected chi connectivity index (χ0v) is 15.0. The fraction of sp³-hybridized carbons (Fsp3) is 0.111. The summed E-state index contributed by atoms with van der Waals surface area (Å²) in [4.78, 5) is 22.4. The molecule has 0 aliphatic rings. The Labute approximate surface area is 159 Å². The van der Waals surface area contributed by atoms with Gasteiger partial charge in [-0.3, -0.25) is 14.9 Å². The summed E-state index contributed by atoms with van der Waals surface area (Å²) >= 11 is 6.08. The van der Waals surface area contributed by atoms with E-state index < -0.39 is 10.8 Å². The van der Waals surface area contributed by atoms with Crippen LogP contribution in [-0.4, -0.2) is 20.6 Å². The molecule has 0 unspecified atom stereocenters. The Morgan fingerprint density at radius 2 is 2.00 bits per heavy atom. The van der Waals surface area contributed by atoms with Crippen molar-refractivity contribution in [3.05, 3.63) is 81.1 Å². The lowest BCUT2D eigenvalue weighted by Gasteiger charge is -2.08. The quantitative estimate of drug-likeness (QED) is 0.509. The molecule has 0 saturated heterocycles. The van der Waals surface area contributed by atoms with Gasteiger partial charge in [-0.25, -0.2) is 4.68 Å². The van der Waals surface area contributed by atoms with Gasteiger partial charge in [0.05, 0.1) is 9.95 Å². The highest BCUT2D eigenvalue weighted by Crippen LogP contribution is 2.25. The van der Waals surface area contributed by atoms with Gasteiger partial charge in [0.2, 0.25) is 0 Å². The standard InChI is InChI=1S/C18H15ClN4O4/c1-12-2-7-15(19)17(10-12)27-11-22-9-8-16(21-22)18(24)20-13-3-5-14(6-4-13)23(25)26/h2-10H,11H2,1H3,(H,20,24). The molecule has 0 spiro atoms. The molecular formula is C18H15ClN4O4. The Kier molecular flexibility index (Phi) is 5.37. The van der Waals surface area contributed by atoms with Crippen LogP contribution in [0.1, 0.15) is 16.1 Å². The van der Waals surface area contributed by atoms with E-state index in [4.69, 9.17) is 16.3 Å². The number of aromatic nitrogens is 2. The van der Waals surface area contributed by atoms with Gasteiger partial charge in [-0.05, 0) is 42.8 Å². The van der Waals surface area contributed by atoms with Crippen molar-refractivity contribution in [2.75, 3.05) is 5.32 Å². The van der Waals surface area contributed by atoms with E-state index in [2.05, 4.69) is 10.4 Å². The topological polar surface area (TPSA) is 99.3 Å². The Morgan fingerprint density at radius 3 is 2.70 bits per heavy atom. The summed E-state index contributed by atoms with van der Waals surface area (Å²) in [7, 11) is 0. The van der Waals surface area contributed by atoms with Crippen LogP contribution in [-0.2, 0) is 6.73 Å². The van der Waals surface area contributed by atoms with E-state index in [0.29, 0.717) is 16.5 Å². The van der Waals surface area contributed by atoms with E-state index in [9.17, 15) is 14.9 Å². The van der Waals surface area contributed by atoms with Crippen LogP contribution >= 0.6 is 11.6 Å². The highest BCUT2D eigenvalue weighted by atomic mass is 35.5. The second-order valence-corrected chi connectivity index (χ2v) is 6.11. The van der Waals surface area contributed by atoms with Crippen molar-refractivity contribution < 1.29 is 14.5 Å². The SMILES string of the molecule is Cc1ccc(Cl)c(OCn2ccc(C(=O)Nc3ccc([N+](=O)[O-])cc3)n2)c1. The number of aryl methyl sites for hydroxylation is 1. The summed E-state index contributed by atoms with van der Waals surface area (Å²) in [5.41, 5.74) is 1.58. The highest BCUT2D eigenvalue weighted by molar-refractivity contribution is 6.32. The van der Waals surface area contributed by atoms with E-state index in [1.54, 1.807) is 18.3 Å². The lowest BCUT2D eigenvalue weighted by Crippen LogP contribution is -2.14. The smallest absolute Gasteiger partial charge is 0.276 e. The molecule has 0 fully saturated rings. The molecule has 1 heterocycles. The van der Waals surface area contributed by atoms with Crippen LogP contribution in [0.5, 0.6) is 5.75 Å². The van der Waals surface area contributed by atoms with Crippen LogP contribution in [0.4, 0.5) is 11.4 Å². The van der Waals surface area contributed by atoms with Crippen LogP contribution in [0, 0.1) is 17.0 Å². The molecule has 0 radical (unpaired) electrons. The lowest BCUT2D eigenvalue weighted by atomic mass is 10.2. The van der Waals surface area contributed by atoms with E-state index >= 15 is 0 Å². The van der Waals surface area contributed by atoms with Crippen LogP contribution in [0.2, 0.25) is 5.02 Å². The van der Waals surface area contributed by atoms with Crippen molar-refractivity contribution in [2.45, 2.75) is 13.7 Å². The Morgan fingerprint density at radius 1 is 1.26 bits per heavy atom. The van der Waals surface area contributed by atoms with E-state index in [1.807, 2.05) is 19.1 Å². The lowest BCUT2D eigenvalue weighted by molar-refractivity contribution is -0.384. The minimum absolute atomic E-state index is 0.0516. The molecule has 1 amide bonds. The maximum Gasteiger partial charge on any atom is 0.276 e. The average Bonchev–Trinajstić information content (AvgIpc) is 3.12. The zero-order valence-electron chi connectivity index (χ0n) is 14.3. The molecule has 1 N–H and O–H groups in total. The summed E-state index contributed by atoms with van der Waals surface area (Å²) < 4.78 is 7.09. The highest BCUT2D eigenvalue weighted by Gasteiger charge is 2.12. The van der Waals surface area contributed by atoms with Gasteiger partial charge >= 0.3 is 0 Å². The number of hydrogen-bond donors (Lipinski definition) is 1. The van der Waals surface area contributed by atoms with Gasteiger partial charge < -0.3 is 10.1 Å². The van der Waals surface area contributed by atoms with E-state index in [1.165, 1.54) is 28.9 Å². The van der Waals surface area contributed by atoms with Crippen molar-refractivity contribution in [2.24, 2.45) is 0 Å². The van der Waals surface area contributed by atoms with Crippen LogP contribution in [0.15, 0.2) is 54.7 Å². The third-order valence-corrected chi connectivity index (χ3v) is 3.96. The minimum Gasteiger partial charge on any atom is -0.470 e. The molecule has 0 aliphatic carbocycles. The van der Waals surface area contributed by atoms with E-state index in [0.717, 1.165) is 5.56 Å². The Hall–Kier alpha value is -3.39. The molecule has 0 saturated carbocycles. The number of nitrogens with one attached hydrogen (secondary N) is 1. The first-order valence-electron chi connectivity index (χ1n) is 7.90. The molecule has 138 valence electrons. The number of halogens is 1. The Bertz CT molecular complexity index is 985. The maximum absolute atomic E-state index is 12.2. The van der Waals surface area contributed by atoms with Gasteiger partial charge in [0.1, 0.15) is 5.75 Å². The monoisotopic (exact) mass is 386 g/mol. The summed E-state index contributed by atoms with van der Waals surface area (Å²) in [6, 6.07) is 12.5. The summed E-state index contributed by atoms with van der Waals surface area (Å²) in [5, 5.41) is 17.9. The number of hydrogen-bond acceptors (Lipinski definition) is 5. The number of nitro benzene ring substituents is 1. The first kappa shape index (κ1) is 18.4. The number of nitro groups is 1. The number of carbonyl (C=O) groups excluding carboxylic acids is 1.